The third kappa shape index (κ3) is 5.69. The second-order valence-corrected chi connectivity index (χ2v) is 8.69. The van der Waals surface area contributed by atoms with Crippen LogP contribution in [-0.4, -0.2) is 32.7 Å². The van der Waals surface area contributed by atoms with Crippen LogP contribution in [0.3, 0.4) is 0 Å². The molecule has 0 aliphatic heterocycles. The van der Waals surface area contributed by atoms with Crippen LogP contribution in [0.25, 0.3) is 11.4 Å². The van der Waals surface area contributed by atoms with E-state index in [9.17, 15) is 0 Å². The minimum absolute atomic E-state index is 0.0757. The highest BCUT2D eigenvalue weighted by Gasteiger charge is 2.28. The molecule has 0 bridgehead atoms. The van der Waals surface area contributed by atoms with Gasteiger partial charge in [-0.15, -0.1) is 11.8 Å². The van der Waals surface area contributed by atoms with E-state index in [2.05, 4.69) is 25.3 Å². The molecule has 1 aromatic carbocycles. The molecule has 2 aromatic heterocycles. The van der Waals surface area contributed by atoms with E-state index in [1.807, 2.05) is 48.7 Å². The van der Waals surface area contributed by atoms with Crippen molar-refractivity contribution in [2.75, 3.05) is 18.1 Å². The van der Waals surface area contributed by atoms with Gasteiger partial charge in [0.05, 0.1) is 0 Å². The van der Waals surface area contributed by atoms with E-state index in [1.165, 1.54) is 0 Å². The van der Waals surface area contributed by atoms with Gasteiger partial charge in [0, 0.05) is 35.3 Å². The SMILES string of the molecule is CSc1ccc(-c2nc(NCCc3ccccn3)nc(C(Cl)(Cl)Cl)n2)cc1. The number of anilines is 1. The van der Waals surface area contributed by atoms with Crippen LogP contribution in [-0.2, 0) is 10.2 Å². The minimum Gasteiger partial charge on any atom is -0.354 e. The zero-order chi connectivity index (χ0) is 19.3. The lowest BCUT2D eigenvalue weighted by Gasteiger charge is -2.13. The lowest BCUT2D eigenvalue weighted by molar-refractivity contribution is 0.894. The first-order chi connectivity index (χ1) is 13.0. The van der Waals surface area contributed by atoms with Crippen molar-refractivity contribution in [2.24, 2.45) is 0 Å². The molecule has 0 saturated heterocycles. The Morgan fingerprint density at radius 3 is 2.41 bits per heavy atom. The molecule has 3 aromatic rings. The quantitative estimate of drug-likeness (QED) is 0.423. The van der Waals surface area contributed by atoms with Crippen molar-refractivity contribution in [2.45, 2.75) is 15.1 Å². The standard InChI is InChI=1S/C18H16Cl3N5S/c1-27-14-7-5-12(6-8-14)15-24-16(18(19,20)21)26-17(25-15)23-11-9-13-4-2-3-10-22-13/h2-8,10H,9,11H2,1H3,(H,23,24,25,26). The van der Waals surface area contributed by atoms with E-state index < -0.39 is 3.79 Å². The monoisotopic (exact) mass is 439 g/mol. The fourth-order valence-corrected chi connectivity index (χ4v) is 2.96. The molecule has 0 saturated carbocycles. The average molecular weight is 441 g/mol. The number of pyridine rings is 1. The van der Waals surface area contributed by atoms with Crippen LogP contribution in [0.1, 0.15) is 11.5 Å². The molecule has 0 amide bonds. The topological polar surface area (TPSA) is 63.6 Å². The van der Waals surface area contributed by atoms with E-state index in [1.54, 1.807) is 18.0 Å². The van der Waals surface area contributed by atoms with Crippen LogP contribution in [0, 0.1) is 0 Å². The van der Waals surface area contributed by atoms with Crippen LogP contribution in [0.15, 0.2) is 53.6 Å². The highest BCUT2D eigenvalue weighted by Crippen LogP contribution is 2.36. The molecule has 3 rings (SSSR count). The first-order valence-electron chi connectivity index (χ1n) is 8.07. The zero-order valence-electron chi connectivity index (χ0n) is 14.4. The molecule has 0 fully saturated rings. The highest BCUT2D eigenvalue weighted by atomic mass is 35.6. The molecule has 0 radical (unpaired) electrons. The summed E-state index contributed by atoms with van der Waals surface area (Å²) in [7, 11) is 0. The lowest BCUT2D eigenvalue weighted by Crippen LogP contribution is -2.15. The molecule has 0 spiro atoms. The average Bonchev–Trinajstić information content (AvgIpc) is 2.68. The molecule has 0 aliphatic rings. The number of benzene rings is 1. The lowest BCUT2D eigenvalue weighted by atomic mass is 10.2. The first kappa shape index (κ1) is 20.1. The van der Waals surface area contributed by atoms with Crippen molar-refractivity contribution in [3.05, 3.63) is 60.2 Å². The van der Waals surface area contributed by atoms with Crippen LogP contribution < -0.4 is 5.32 Å². The van der Waals surface area contributed by atoms with Gasteiger partial charge in [-0.2, -0.15) is 9.97 Å². The summed E-state index contributed by atoms with van der Waals surface area (Å²) in [4.78, 5) is 18.5. The van der Waals surface area contributed by atoms with Crippen molar-refractivity contribution in [1.82, 2.24) is 19.9 Å². The minimum atomic E-state index is -1.74. The van der Waals surface area contributed by atoms with Gasteiger partial charge in [0.15, 0.2) is 11.6 Å². The van der Waals surface area contributed by atoms with E-state index in [-0.39, 0.29) is 5.82 Å². The highest BCUT2D eigenvalue weighted by molar-refractivity contribution is 7.98. The maximum Gasteiger partial charge on any atom is 0.250 e. The number of thioether (sulfide) groups is 1. The summed E-state index contributed by atoms with van der Waals surface area (Å²) in [6, 6.07) is 13.6. The van der Waals surface area contributed by atoms with Gasteiger partial charge in [0.2, 0.25) is 9.74 Å². The number of alkyl halides is 3. The van der Waals surface area contributed by atoms with Crippen LogP contribution in [0.4, 0.5) is 5.95 Å². The Morgan fingerprint density at radius 2 is 1.78 bits per heavy atom. The number of nitrogens with one attached hydrogen (secondary N) is 1. The number of aromatic nitrogens is 4. The number of hydrogen-bond donors (Lipinski definition) is 1. The molecule has 0 atom stereocenters. The Morgan fingerprint density at radius 1 is 1.00 bits per heavy atom. The Bertz CT molecular complexity index is 886. The van der Waals surface area contributed by atoms with E-state index in [0.717, 1.165) is 16.2 Å². The van der Waals surface area contributed by atoms with Gasteiger partial charge in [-0.25, -0.2) is 4.98 Å². The first-order valence-corrected chi connectivity index (χ1v) is 10.4. The maximum atomic E-state index is 6.00. The van der Waals surface area contributed by atoms with Crippen LogP contribution >= 0.6 is 46.6 Å². The van der Waals surface area contributed by atoms with Gasteiger partial charge in [0.1, 0.15) is 0 Å². The fourth-order valence-electron chi connectivity index (χ4n) is 2.30. The van der Waals surface area contributed by atoms with Gasteiger partial charge in [-0.3, -0.25) is 4.98 Å². The Hall–Kier alpha value is -1.60. The van der Waals surface area contributed by atoms with Gasteiger partial charge >= 0.3 is 0 Å². The molecule has 5 nitrogen and oxygen atoms in total. The second-order valence-electron chi connectivity index (χ2n) is 5.53. The molecule has 0 unspecified atom stereocenters. The summed E-state index contributed by atoms with van der Waals surface area (Å²) in [6.07, 6.45) is 4.49. The molecule has 27 heavy (non-hydrogen) atoms. The number of halogens is 3. The molecule has 0 aliphatic carbocycles. The summed E-state index contributed by atoms with van der Waals surface area (Å²) in [5.74, 6) is 0.872. The number of rotatable bonds is 6. The summed E-state index contributed by atoms with van der Waals surface area (Å²) in [5, 5.41) is 3.16. The zero-order valence-corrected chi connectivity index (χ0v) is 17.4. The van der Waals surface area contributed by atoms with E-state index in [4.69, 9.17) is 34.8 Å². The molecule has 9 heteroatoms. The van der Waals surface area contributed by atoms with Crippen LogP contribution in [0.5, 0.6) is 0 Å². The number of hydrogen-bond acceptors (Lipinski definition) is 6. The van der Waals surface area contributed by atoms with Crippen molar-refractivity contribution in [3.63, 3.8) is 0 Å². The molecular weight excluding hydrogens is 425 g/mol. The van der Waals surface area contributed by atoms with Crippen LogP contribution in [0.2, 0.25) is 0 Å². The maximum absolute atomic E-state index is 6.00. The van der Waals surface area contributed by atoms with Gasteiger partial charge in [-0.1, -0.05) is 53.0 Å². The number of nitrogens with zero attached hydrogens (tertiary/aromatic N) is 4. The van der Waals surface area contributed by atoms with Gasteiger partial charge in [0.25, 0.3) is 0 Å². The predicted molar refractivity (Wildman–Crippen MR) is 113 cm³/mol. The van der Waals surface area contributed by atoms with Gasteiger partial charge < -0.3 is 5.32 Å². The Balaban J connectivity index is 1.84. The summed E-state index contributed by atoms with van der Waals surface area (Å²) in [6.45, 7) is 0.588. The van der Waals surface area contributed by atoms with Crippen molar-refractivity contribution in [3.8, 4) is 11.4 Å². The summed E-state index contributed by atoms with van der Waals surface area (Å²) < 4.78 is -1.74. The molecule has 1 N–H and O–H groups in total. The van der Waals surface area contributed by atoms with Gasteiger partial charge in [-0.05, 0) is 30.5 Å². The summed E-state index contributed by atoms with van der Waals surface area (Å²) >= 11 is 19.7. The normalized spacial score (nSPS) is 11.4. The van der Waals surface area contributed by atoms with Crippen molar-refractivity contribution in [1.29, 1.82) is 0 Å². The Kier molecular flexibility index (Phi) is 6.76. The second kappa shape index (κ2) is 9.06. The smallest absolute Gasteiger partial charge is 0.250 e. The summed E-state index contributed by atoms with van der Waals surface area (Å²) in [5.41, 5.74) is 1.78. The third-order valence-corrected chi connectivity index (χ3v) is 4.88. The molecule has 2 heterocycles. The Labute approximate surface area is 176 Å². The largest absolute Gasteiger partial charge is 0.354 e. The predicted octanol–water partition coefficient (Wildman–Crippen LogP) is 5.14. The van der Waals surface area contributed by atoms with Crippen molar-refractivity contribution < 1.29 is 0 Å². The molecule has 140 valence electrons. The molecular formula is C18H16Cl3N5S. The fraction of sp³-hybridized carbons (Fsp3) is 0.222. The third-order valence-electron chi connectivity index (χ3n) is 3.63. The van der Waals surface area contributed by atoms with E-state index >= 15 is 0 Å². The van der Waals surface area contributed by atoms with E-state index in [0.29, 0.717) is 24.7 Å². The van der Waals surface area contributed by atoms with Crippen molar-refractivity contribution >= 4 is 52.5 Å².